The van der Waals surface area contributed by atoms with Crippen molar-refractivity contribution >= 4 is 69.2 Å². The molecular formula is C37H42BrF3N10O8S2. The van der Waals surface area contributed by atoms with Gasteiger partial charge in [0, 0.05) is 29.4 Å². The van der Waals surface area contributed by atoms with Gasteiger partial charge in [-0.15, -0.1) is 11.8 Å². The van der Waals surface area contributed by atoms with E-state index in [1.165, 1.54) is 30.1 Å². The van der Waals surface area contributed by atoms with E-state index in [-0.39, 0.29) is 77.8 Å². The summed E-state index contributed by atoms with van der Waals surface area (Å²) in [5, 5.41) is 8.28. The van der Waals surface area contributed by atoms with Crippen LogP contribution >= 0.6 is 23.3 Å². The minimum absolute atomic E-state index is 0. The maximum absolute atomic E-state index is 14.0. The van der Waals surface area contributed by atoms with Crippen LogP contribution in [0.2, 0.25) is 0 Å². The predicted molar refractivity (Wildman–Crippen MR) is 211 cm³/mol. The first-order chi connectivity index (χ1) is 28.5. The fraction of sp³-hybridized carbons (Fsp3) is 0.432. The van der Waals surface area contributed by atoms with Gasteiger partial charge in [0.1, 0.15) is 59.8 Å². The third kappa shape index (κ3) is 11.1. The number of amides is 3. The lowest BCUT2D eigenvalue weighted by Gasteiger charge is -2.49. The van der Waals surface area contributed by atoms with Gasteiger partial charge in [0.25, 0.3) is 11.8 Å². The quantitative estimate of drug-likeness (QED) is 0.0491. The fourth-order valence-electron chi connectivity index (χ4n) is 6.05. The number of nitrogens with one attached hydrogen (secondary N) is 2. The summed E-state index contributed by atoms with van der Waals surface area (Å²) in [5.74, 6) is -1.62. The van der Waals surface area contributed by atoms with Crippen LogP contribution in [0.25, 0.3) is 11.2 Å². The molecule has 3 unspecified atom stereocenters. The Morgan fingerprint density at radius 3 is 2.56 bits per heavy atom. The molecule has 5 heterocycles. The molecule has 0 radical (unpaired) electrons. The number of rotatable bonds is 15. The number of nitrogens with zero attached hydrogens (tertiary/aromatic N) is 7. The summed E-state index contributed by atoms with van der Waals surface area (Å²) in [5.41, 5.74) is 6.28. The summed E-state index contributed by atoms with van der Waals surface area (Å²) >= 11 is 2.06. The number of nitrogens with two attached hydrogens (primary N) is 1. The average Bonchev–Trinajstić information content (AvgIpc) is 3.84. The van der Waals surface area contributed by atoms with Crippen molar-refractivity contribution < 1.29 is 72.9 Å². The van der Waals surface area contributed by atoms with Crippen LogP contribution in [0.15, 0.2) is 65.3 Å². The summed E-state index contributed by atoms with van der Waals surface area (Å²) in [4.78, 5) is 69.0. The van der Waals surface area contributed by atoms with E-state index in [9.17, 15) is 32.3 Å². The number of hydrogen-bond donors (Lipinski definition) is 3. The molecule has 0 aliphatic carbocycles. The highest BCUT2D eigenvalue weighted by molar-refractivity contribution is 8.00. The first-order valence-electron chi connectivity index (χ1n) is 18.4. The average molecular weight is 956 g/mol. The number of thioether (sulfide) groups is 1. The second kappa shape index (κ2) is 19.6. The van der Waals surface area contributed by atoms with Crippen molar-refractivity contribution in [3.05, 3.63) is 71.6 Å². The van der Waals surface area contributed by atoms with E-state index >= 15 is 0 Å². The van der Waals surface area contributed by atoms with Crippen molar-refractivity contribution in [3.8, 4) is 5.75 Å². The molecule has 0 bridgehead atoms. The molecule has 18 nitrogen and oxygen atoms in total. The Morgan fingerprint density at radius 1 is 1.15 bits per heavy atom. The Hall–Kier alpha value is -5.33. The molecule has 2 aliphatic rings. The van der Waals surface area contributed by atoms with Crippen LogP contribution in [-0.2, 0) is 48.4 Å². The van der Waals surface area contributed by atoms with E-state index in [1.54, 1.807) is 79.4 Å². The third-order valence-corrected chi connectivity index (χ3v) is 10.9. The molecule has 6 rings (SSSR count). The van der Waals surface area contributed by atoms with Gasteiger partial charge in [-0.3, -0.25) is 19.8 Å². The standard InChI is InChI=1S/C37H41F3N10O8S2.BrH/c1-6-57-46-25(28-44-34(60-47-28)45-35(54)58-36(2,3)4)30(51)43-26-31(52)50-27(33(53)56-17-20-9-11-22(55-5)12-10-20)21(18-59-32(26)50)16-48-14-7-8-23-29(48)42-19-49(23)15-13-24(41)37(38,39)40;/h7-12,14,19,24,26,32H,6,13,15-18,41H2,1-5H3,(H-,43,44,45,47,51,54);1H/b46-25-;. The third-order valence-electron chi connectivity index (χ3n) is 8.91. The second-order valence-corrected chi connectivity index (χ2v) is 16.2. The highest BCUT2D eigenvalue weighted by Gasteiger charge is 2.55. The summed E-state index contributed by atoms with van der Waals surface area (Å²) in [6.45, 7) is 6.70. The Balaban J connectivity index is 0.00000704. The lowest BCUT2D eigenvalue weighted by molar-refractivity contribution is -0.664. The second-order valence-electron chi connectivity index (χ2n) is 14.4. The van der Waals surface area contributed by atoms with Crippen LogP contribution in [0.1, 0.15) is 45.5 Å². The van der Waals surface area contributed by atoms with Crippen LogP contribution in [0.4, 0.5) is 23.1 Å². The lowest BCUT2D eigenvalue weighted by Crippen LogP contribution is -3.00. The number of methoxy groups -OCH3 is 1. The molecule has 0 saturated carbocycles. The number of ether oxygens (including phenoxy) is 3. The van der Waals surface area contributed by atoms with Gasteiger partial charge in [-0.1, -0.05) is 17.3 Å². The molecule has 1 fully saturated rings. The minimum atomic E-state index is -4.54. The van der Waals surface area contributed by atoms with Crippen LogP contribution in [0, 0.1) is 0 Å². The number of hydrogen-bond acceptors (Lipinski definition) is 15. The van der Waals surface area contributed by atoms with Gasteiger partial charge >= 0.3 is 23.9 Å². The Morgan fingerprint density at radius 2 is 1.89 bits per heavy atom. The fourth-order valence-corrected chi connectivity index (χ4v) is 7.94. The number of benzene rings is 1. The van der Waals surface area contributed by atoms with Crippen molar-refractivity contribution in [1.82, 2.24) is 29.1 Å². The first-order valence-corrected chi connectivity index (χ1v) is 20.3. The molecular weight excluding hydrogens is 914 g/mol. The number of β-lactam (4-membered cyclic amide) rings is 1. The zero-order valence-electron chi connectivity index (χ0n) is 33.4. The summed E-state index contributed by atoms with van der Waals surface area (Å²) in [6, 6.07) is 7.15. The topological polar surface area (TPSA) is 218 Å². The van der Waals surface area contributed by atoms with E-state index in [1.807, 2.05) is 0 Å². The minimum Gasteiger partial charge on any atom is -1.00 e. The molecule has 328 valence electrons. The molecule has 61 heavy (non-hydrogen) atoms. The Kier molecular flexibility index (Phi) is 15.0. The lowest BCUT2D eigenvalue weighted by atomic mass is 10.0. The zero-order chi connectivity index (χ0) is 43.4. The van der Waals surface area contributed by atoms with Gasteiger partial charge in [-0.05, 0) is 68.9 Å². The van der Waals surface area contributed by atoms with Gasteiger partial charge in [-0.2, -0.15) is 22.5 Å². The number of carbonyl (C=O) groups is 4. The number of aromatic nitrogens is 5. The Bertz CT molecular complexity index is 2320. The van der Waals surface area contributed by atoms with Crippen LogP contribution in [-0.4, -0.2) is 102 Å². The number of carbonyl (C=O) groups excluding carboxylic acids is 4. The van der Waals surface area contributed by atoms with Crippen molar-refractivity contribution in [1.29, 1.82) is 0 Å². The normalized spacial score (nSPS) is 17.2. The highest BCUT2D eigenvalue weighted by Crippen LogP contribution is 2.41. The van der Waals surface area contributed by atoms with Crippen molar-refractivity contribution in [3.63, 3.8) is 0 Å². The number of imidazole rings is 1. The molecule has 0 spiro atoms. The van der Waals surface area contributed by atoms with Crippen molar-refractivity contribution in [2.24, 2.45) is 10.9 Å². The largest absolute Gasteiger partial charge is 1.00 e. The molecule has 4 aromatic rings. The van der Waals surface area contributed by atoms with E-state index in [0.717, 1.165) is 11.5 Å². The van der Waals surface area contributed by atoms with E-state index in [4.69, 9.17) is 24.8 Å². The number of pyridine rings is 1. The summed E-state index contributed by atoms with van der Waals surface area (Å²) < 4.78 is 63.0. The van der Waals surface area contributed by atoms with Crippen molar-refractivity contribution in [2.45, 2.75) is 83.0 Å². The number of oxime groups is 1. The molecule has 2 aliphatic heterocycles. The molecule has 1 aromatic carbocycles. The van der Waals surface area contributed by atoms with Gasteiger partial charge < -0.3 is 51.6 Å². The number of alkyl halides is 3. The zero-order valence-corrected chi connectivity index (χ0v) is 36.6. The monoisotopic (exact) mass is 954 g/mol. The smallest absolute Gasteiger partial charge is 0.414 e. The first kappa shape index (κ1) is 46.7. The maximum atomic E-state index is 14.0. The SMILES string of the molecule is CCO/N=C(\C(=O)NC1C(=O)N2C(C(=O)OCc3ccc(OC)cc3)=C(C[n+]3cccc4c3ncn4CCC(N)C(F)(F)F)CSC12)c1nsc(NC(=O)OC(C)(C)C)n1.[Br-]. The van der Waals surface area contributed by atoms with E-state index in [2.05, 4.69) is 30.1 Å². The van der Waals surface area contributed by atoms with Gasteiger partial charge in [0.2, 0.25) is 23.0 Å². The van der Waals surface area contributed by atoms with E-state index < -0.39 is 53.1 Å². The molecule has 4 N–H and O–H groups in total. The number of aryl methyl sites for hydroxylation is 1. The number of esters is 1. The highest BCUT2D eigenvalue weighted by atomic mass is 79.9. The van der Waals surface area contributed by atoms with Crippen LogP contribution < -0.4 is 42.7 Å². The molecule has 24 heteroatoms. The maximum Gasteiger partial charge on any atom is 0.414 e. The summed E-state index contributed by atoms with van der Waals surface area (Å²) in [7, 11) is 1.53. The molecule has 3 aromatic heterocycles. The summed E-state index contributed by atoms with van der Waals surface area (Å²) in [6.07, 6.45) is -2.57. The van der Waals surface area contributed by atoms with Gasteiger partial charge in [0.15, 0.2) is 0 Å². The number of anilines is 1. The van der Waals surface area contributed by atoms with E-state index in [0.29, 0.717) is 28.0 Å². The Labute approximate surface area is 365 Å². The number of halogens is 4. The van der Waals surface area contributed by atoms with Gasteiger partial charge in [-0.25, -0.2) is 14.2 Å². The molecule has 3 amide bonds. The van der Waals surface area contributed by atoms with Crippen LogP contribution in [0.3, 0.4) is 0 Å². The van der Waals surface area contributed by atoms with Gasteiger partial charge in [0.05, 0.1) is 13.3 Å². The molecule has 1 saturated heterocycles. The van der Waals surface area contributed by atoms with Crippen LogP contribution in [0.5, 0.6) is 5.75 Å². The predicted octanol–water partition coefficient (Wildman–Crippen LogP) is 0.653. The van der Waals surface area contributed by atoms with Crippen molar-refractivity contribution in [2.75, 3.05) is 24.8 Å². The number of fused-ring (bicyclic) bond motifs is 2. The molecule has 3 atom stereocenters.